The zero-order valence-corrected chi connectivity index (χ0v) is 15.4. The van der Waals surface area contributed by atoms with E-state index in [1.54, 1.807) is 4.90 Å². The van der Waals surface area contributed by atoms with E-state index in [0.29, 0.717) is 13.1 Å². The molecule has 0 radical (unpaired) electrons. The number of nitrogens with zero attached hydrogens (tertiary/aromatic N) is 3. The van der Waals surface area contributed by atoms with Crippen molar-refractivity contribution in [2.75, 3.05) is 13.1 Å². The van der Waals surface area contributed by atoms with E-state index < -0.39 is 13.7 Å². The number of rotatable bonds is 2. The third kappa shape index (κ3) is 3.97. The average Bonchev–Trinajstić information content (AvgIpc) is 2.86. The predicted octanol–water partition coefficient (Wildman–Crippen LogP) is 2.37. The SMILES string of the molecule is CC(C)(C)OC(=O)N1CC=C(c2n[nH]nc2[Si](C)(C)C)CC1. The summed E-state index contributed by atoms with van der Waals surface area (Å²) in [6.45, 7) is 13.6. The van der Waals surface area contributed by atoms with Crippen LogP contribution >= 0.6 is 0 Å². The van der Waals surface area contributed by atoms with Crippen LogP contribution in [0.3, 0.4) is 0 Å². The summed E-state index contributed by atoms with van der Waals surface area (Å²) in [6, 6.07) is 0. The Morgan fingerprint density at radius 3 is 2.50 bits per heavy atom. The molecule has 1 aromatic heterocycles. The average molecular weight is 322 g/mol. The molecule has 2 heterocycles. The molecule has 22 heavy (non-hydrogen) atoms. The van der Waals surface area contributed by atoms with Crippen LogP contribution in [0.25, 0.3) is 5.57 Å². The molecule has 2 rings (SSSR count). The highest BCUT2D eigenvalue weighted by atomic mass is 28.3. The fourth-order valence-electron chi connectivity index (χ4n) is 2.35. The number of aromatic amines is 1. The fraction of sp³-hybridized carbons (Fsp3) is 0.667. The molecule has 7 heteroatoms. The number of carbonyl (C=O) groups excluding carboxylic acids is 1. The van der Waals surface area contributed by atoms with Gasteiger partial charge in [0.15, 0.2) is 0 Å². The van der Waals surface area contributed by atoms with Crippen LogP contribution in [0.5, 0.6) is 0 Å². The maximum absolute atomic E-state index is 12.1. The van der Waals surface area contributed by atoms with Crippen LogP contribution in [0.4, 0.5) is 4.79 Å². The lowest BCUT2D eigenvalue weighted by Gasteiger charge is -2.29. The molecule has 1 aliphatic rings. The largest absolute Gasteiger partial charge is 0.444 e. The molecule has 1 aliphatic heterocycles. The van der Waals surface area contributed by atoms with Crippen molar-refractivity contribution in [1.82, 2.24) is 20.3 Å². The van der Waals surface area contributed by atoms with Gasteiger partial charge < -0.3 is 9.64 Å². The second-order valence-electron chi connectivity index (χ2n) is 7.68. The first-order valence-electron chi connectivity index (χ1n) is 7.66. The summed E-state index contributed by atoms with van der Waals surface area (Å²) in [5.41, 5.74) is 1.69. The van der Waals surface area contributed by atoms with E-state index in [1.807, 2.05) is 20.8 Å². The van der Waals surface area contributed by atoms with Gasteiger partial charge in [-0.3, -0.25) is 0 Å². The highest BCUT2D eigenvalue weighted by Crippen LogP contribution is 2.22. The first-order valence-corrected chi connectivity index (χ1v) is 11.2. The predicted molar refractivity (Wildman–Crippen MR) is 89.8 cm³/mol. The number of hydrogen-bond acceptors (Lipinski definition) is 4. The lowest BCUT2D eigenvalue weighted by atomic mass is 10.1. The van der Waals surface area contributed by atoms with Crippen molar-refractivity contribution in [3.63, 3.8) is 0 Å². The molecule has 0 aliphatic carbocycles. The van der Waals surface area contributed by atoms with Crippen molar-refractivity contribution in [3.8, 4) is 0 Å². The minimum atomic E-state index is -1.53. The minimum Gasteiger partial charge on any atom is -0.444 e. The van der Waals surface area contributed by atoms with Crippen LogP contribution in [0.2, 0.25) is 19.6 Å². The van der Waals surface area contributed by atoms with Crippen LogP contribution in [-0.2, 0) is 4.74 Å². The second-order valence-corrected chi connectivity index (χ2v) is 12.7. The Labute approximate surface area is 132 Å². The second kappa shape index (κ2) is 5.87. The van der Waals surface area contributed by atoms with Crippen LogP contribution in [0.1, 0.15) is 32.9 Å². The quantitative estimate of drug-likeness (QED) is 0.849. The van der Waals surface area contributed by atoms with Gasteiger partial charge in [-0.2, -0.15) is 15.4 Å². The molecule has 0 saturated carbocycles. The van der Waals surface area contributed by atoms with Crippen molar-refractivity contribution in [2.45, 2.75) is 52.4 Å². The van der Waals surface area contributed by atoms with Crippen LogP contribution in [-0.4, -0.2) is 53.2 Å². The van der Waals surface area contributed by atoms with Crippen molar-refractivity contribution >= 4 is 25.1 Å². The summed E-state index contributed by atoms with van der Waals surface area (Å²) in [5.74, 6) is 0. The molecule has 0 fully saturated rings. The Bertz CT molecular complexity index is 581. The summed E-state index contributed by atoms with van der Waals surface area (Å²) in [4.78, 5) is 13.8. The van der Waals surface area contributed by atoms with Gasteiger partial charge in [0.25, 0.3) is 0 Å². The normalized spacial score (nSPS) is 16.5. The first kappa shape index (κ1) is 16.7. The molecule has 1 aromatic rings. The highest BCUT2D eigenvalue weighted by Gasteiger charge is 2.29. The van der Waals surface area contributed by atoms with Crippen molar-refractivity contribution < 1.29 is 9.53 Å². The Morgan fingerprint density at radius 1 is 1.32 bits per heavy atom. The van der Waals surface area contributed by atoms with E-state index >= 15 is 0 Å². The van der Waals surface area contributed by atoms with E-state index in [4.69, 9.17) is 4.74 Å². The van der Waals surface area contributed by atoms with E-state index in [2.05, 4.69) is 41.1 Å². The first-order chi connectivity index (χ1) is 10.1. The molecule has 1 amide bonds. The van der Waals surface area contributed by atoms with E-state index in [9.17, 15) is 4.79 Å². The van der Waals surface area contributed by atoms with Crippen molar-refractivity contribution in [2.24, 2.45) is 0 Å². The number of H-pyrrole nitrogens is 1. The molecule has 0 bridgehead atoms. The number of nitrogens with one attached hydrogen (secondary N) is 1. The third-order valence-electron chi connectivity index (χ3n) is 3.42. The van der Waals surface area contributed by atoms with E-state index in [1.165, 1.54) is 5.57 Å². The molecule has 0 spiro atoms. The number of amides is 1. The molecule has 122 valence electrons. The Kier molecular flexibility index (Phi) is 4.46. The summed E-state index contributed by atoms with van der Waals surface area (Å²) in [7, 11) is -1.53. The van der Waals surface area contributed by atoms with Gasteiger partial charge in [-0.1, -0.05) is 25.7 Å². The maximum Gasteiger partial charge on any atom is 0.410 e. The number of aromatic nitrogens is 3. The Balaban J connectivity index is 2.10. The fourth-order valence-corrected chi connectivity index (χ4v) is 3.67. The molecule has 0 aromatic carbocycles. The van der Waals surface area contributed by atoms with Gasteiger partial charge >= 0.3 is 6.09 Å². The number of carbonyl (C=O) groups is 1. The number of ether oxygens (including phenoxy) is 1. The van der Waals surface area contributed by atoms with Gasteiger partial charge in [0.1, 0.15) is 19.4 Å². The summed E-state index contributed by atoms with van der Waals surface area (Å²) >= 11 is 0. The minimum absolute atomic E-state index is 0.256. The molecule has 0 atom stereocenters. The van der Waals surface area contributed by atoms with Gasteiger partial charge in [0.2, 0.25) is 0 Å². The van der Waals surface area contributed by atoms with Crippen LogP contribution in [0.15, 0.2) is 6.08 Å². The summed E-state index contributed by atoms with van der Waals surface area (Å²) in [5, 5.41) is 12.5. The van der Waals surface area contributed by atoms with E-state index in [0.717, 1.165) is 17.4 Å². The van der Waals surface area contributed by atoms with Gasteiger partial charge in [0.05, 0.1) is 5.32 Å². The smallest absolute Gasteiger partial charge is 0.410 e. The van der Waals surface area contributed by atoms with Crippen LogP contribution < -0.4 is 5.32 Å². The van der Waals surface area contributed by atoms with Crippen LogP contribution in [0, 0.1) is 0 Å². The lowest BCUT2D eigenvalue weighted by Crippen LogP contribution is -2.42. The monoisotopic (exact) mass is 322 g/mol. The Hall–Kier alpha value is -1.63. The third-order valence-corrected chi connectivity index (χ3v) is 5.19. The van der Waals surface area contributed by atoms with E-state index in [-0.39, 0.29) is 6.09 Å². The molecule has 6 nitrogen and oxygen atoms in total. The molecule has 0 saturated heterocycles. The van der Waals surface area contributed by atoms with Gasteiger partial charge in [-0.05, 0) is 32.8 Å². The van der Waals surface area contributed by atoms with Gasteiger partial charge in [0, 0.05) is 13.1 Å². The molecular formula is C15H26N4O2Si. The zero-order valence-electron chi connectivity index (χ0n) is 14.4. The Morgan fingerprint density at radius 2 is 2.00 bits per heavy atom. The summed E-state index contributed by atoms with van der Waals surface area (Å²) < 4.78 is 5.41. The zero-order chi connectivity index (χ0) is 16.5. The topological polar surface area (TPSA) is 71.1 Å². The van der Waals surface area contributed by atoms with Gasteiger partial charge in [-0.25, -0.2) is 4.79 Å². The van der Waals surface area contributed by atoms with Gasteiger partial charge in [-0.15, -0.1) is 0 Å². The molecule has 1 N–H and O–H groups in total. The lowest BCUT2D eigenvalue weighted by molar-refractivity contribution is 0.0270. The molecule has 0 unspecified atom stereocenters. The standard InChI is InChI=1S/C15H26N4O2Si/c1-15(2,3)21-14(20)19-9-7-11(8-10-19)12-13(17-18-16-12)22(4,5)6/h7H,8-10H2,1-6H3,(H,16,17,18). The maximum atomic E-state index is 12.1. The number of hydrogen-bond donors (Lipinski definition) is 1. The summed E-state index contributed by atoms with van der Waals surface area (Å²) in [6.07, 6.45) is 2.59. The van der Waals surface area contributed by atoms with Crippen molar-refractivity contribution in [3.05, 3.63) is 11.8 Å². The highest BCUT2D eigenvalue weighted by molar-refractivity contribution is 6.88. The van der Waals surface area contributed by atoms with Crippen molar-refractivity contribution in [1.29, 1.82) is 0 Å². The molecular weight excluding hydrogens is 296 g/mol.